The van der Waals surface area contributed by atoms with Gasteiger partial charge in [-0.1, -0.05) is 187 Å². The second kappa shape index (κ2) is 29.2. The van der Waals surface area contributed by atoms with Crippen molar-refractivity contribution in [1.82, 2.24) is 0 Å². The van der Waals surface area contributed by atoms with Crippen molar-refractivity contribution < 1.29 is 4.39 Å². The van der Waals surface area contributed by atoms with E-state index in [9.17, 15) is 4.39 Å². The monoisotopic (exact) mass is 845 g/mol. The highest BCUT2D eigenvalue weighted by molar-refractivity contribution is 5.90. The summed E-state index contributed by atoms with van der Waals surface area (Å²) < 4.78 is 13.4. The third-order valence-corrected chi connectivity index (χ3v) is 10.7. The van der Waals surface area contributed by atoms with Crippen LogP contribution in [0.4, 0.5) is 15.8 Å². The summed E-state index contributed by atoms with van der Waals surface area (Å²) in [6.45, 7) is 23.7. The van der Waals surface area contributed by atoms with E-state index in [4.69, 9.17) is 12.0 Å². The van der Waals surface area contributed by atoms with Crippen molar-refractivity contribution in [3.8, 4) is 22.3 Å². The van der Waals surface area contributed by atoms with Crippen molar-refractivity contribution in [2.75, 3.05) is 5.32 Å². The molecule has 8 rings (SSSR count). The molecule has 0 radical (unpaired) electrons. The molecule has 332 valence electrons. The van der Waals surface area contributed by atoms with E-state index < -0.39 is 5.41 Å². The van der Waals surface area contributed by atoms with Gasteiger partial charge in [-0.25, -0.2) is 4.39 Å². The fraction of sp³-hybridized carbons (Fsp3) is 0.259. The topological polar surface area (TPSA) is 87.9 Å². The fourth-order valence-corrected chi connectivity index (χ4v) is 8.01. The molecule has 0 saturated carbocycles. The number of benzene rings is 6. The average molecular weight is 845 g/mol. The SMILES string of the molecule is C=C(CC/C=C\C)C1(c2ccccc2Nc2ccccc2)c2ccccc2-c2ccc(-c3ccc(Cc4ccc(F)cc4)cc3)cc21.C=N.CC.CC.CC.CC1=CCCC1.NN. The van der Waals surface area contributed by atoms with Crippen LogP contribution in [0.1, 0.15) is 115 Å². The third-order valence-electron chi connectivity index (χ3n) is 10.7. The Balaban J connectivity index is 0.000000747. The molecule has 2 aliphatic rings. The zero-order chi connectivity index (χ0) is 46.6. The molecule has 0 spiro atoms. The van der Waals surface area contributed by atoms with Crippen LogP contribution in [0.5, 0.6) is 0 Å². The van der Waals surface area contributed by atoms with Gasteiger partial charge in [0.15, 0.2) is 0 Å². The number of hydrogen-bond acceptors (Lipinski definition) is 4. The largest absolute Gasteiger partial charge is 0.355 e. The Kier molecular flexibility index (Phi) is 24.6. The number of nitrogens with one attached hydrogen (secondary N) is 2. The number of rotatable bonds is 10. The summed E-state index contributed by atoms with van der Waals surface area (Å²) in [4.78, 5) is 0. The highest BCUT2D eigenvalue weighted by Crippen LogP contribution is 2.58. The molecular weight excluding hydrogens is 772 g/mol. The number of para-hydroxylation sites is 2. The Bertz CT molecular complexity index is 2270. The van der Waals surface area contributed by atoms with E-state index in [0.29, 0.717) is 0 Å². The van der Waals surface area contributed by atoms with E-state index in [2.05, 4.69) is 171 Å². The molecule has 0 aromatic heterocycles. The van der Waals surface area contributed by atoms with Crippen LogP contribution in [-0.2, 0) is 11.8 Å². The van der Waals surface area contributed by atoms with Crippen LogP contribution in [0.25, 0.3) is 22.3 Å². The minimum Gasteiger partial charge on any atom is -0.355 e. The first-order valence-corrected chi connectivity index (χ1v) is 22.6. The molecule has 1 unspecified atom stereocenters. The minimum atomic E-state index is -0.551. The predicted molar refractivity (Wildman–Crippen MR) is 276 cm³/mol. The smallest absolute Gasteiger partial charge is 0.123 e. The molecule has 2 aliphatic carbocycles. The highest BCUT2D eigenvalue weighted by Gasteiger charge is 2.47. The molecule has 6 N–H and O–H groups in total. The molecule has 0 aliphatic heterocycles. The summed E-state index contributed by atoms with van der Waals surface area (Å²) in [6.07, 6.45) is 13.3. The maximum Gasteiger partial charge on any atom is 0.123 e. The van der Waals surface area contributed by atoms with Crippen molar-refractivity contribution in [2.45, 2.75) is 99.3 Å². The summed E-state index contributed by atoms with van der Waals surface area (Å²) in [5.74, 6) is 7.79. The van der Waals surface area contributed by atoms with Crippen LogP contribution in [0.2, 0.25) is 0 Å². The zero-order valence-corrected chi connectivity index (χ0v) is 39.3. The Morgan fingerprint density at radius 1 is 0.683 bits per heavy atom. The minimum absolute atomic E-state index is 0.207. The number of allylic oxidation sites excluding steroid dienone is 5. The van der Waals surface area contributed by atoms with Gasteiger partial charge in [-0.15, -0.1) is 0 Å². The molecule has 6 aromatic rings. The maximum absolute atomic E-state index is 13.4. The maximum atomic E-state index is 13.4. The van der Waals surface area contributed by atoms with Crippen LogP contribution >= 0.6 is 0 Å². The quantitative estimate of drug-likeness (QED) is 0.0479. The predicted octanol–water partition coefficient (Wildman–Crippen LogP) is 16.3. The molecule has 6 aromatic carbocycles. The Morgan fingerprint density at radius 2 is 1.22 bits per heavy atom. The first-order chi connectivity index (χ1) is 31.0. The Labute approximate surface area is 380 Å². The van der Waals surface area contributed by atoms with E-state index >= 15 is 0 Å². The summed E-state index contributed by atoms with van der Waals surface area (Å²) in [5, 5.41) is 9.26. The molecule has 63 heavy (non-hydrogen) atoms. The van der Waals surface area contributed by atoms with Gasteiger partial charge in [-0.3, -0.25) is 11.7 Å². The molecule has 0 saturated heterocycles. The molecule has 5 heteroatoms. The summed E-state index contributed by atoms with van der Waals surface area (Å²) in [5.41, 5.74) is 15.2. The molecule has 0 fully saturated rings. The normalized spacial score (nSPS) is 13.6. The number of hydrazine groups is 1. The van der Waals surface area contributed by atoms with Gasteiger partial charge in [0, 0.05) is 11.4 Å². The first-order valence-electron chi connectivity index (χ1n) is 22.6. The first kappa shape index (κ1) is 53.0. The zero-order valence-electron chi connectivity index (χ0n) is 39.3. The van der Waals surface area contributed by atoms with E-state index in [1.165, 1.54) is 75.9 Å². The lowest BCUT2D eigenvalue weighted by Crippen LogP contribution is -2.30. The summed E-state index contributed by atoms with van der Waals surface area (Å²) >= 11 is 0. The van der Waals surface area contributed by atoms with Gasteiger partial charge in [0.05, 0.1) is 5.41 Å². The Morgan fingerprint density at radius 3 is 1.79 bits per heavy atom. The van der Waals surface area contributed by atoms with E-state index in [1.54, 1.807) is 5.57 Å². The lowest BCUT2D eigenvalue weighted by atomic mass is 9.65. The van der Waals surface area contributed by atoms with Crippen LogP contribution in [-0.4, -0.2) is 6.72 Å². The van der Waals surface area contributed by atoms with Gasteiger partial charge in [0.25, 0.3) is 0 Å². The van der Waals surface area contributed by atoms with Crippen molar-refractivity contribution in [3.63, 3.8) is 0 Å². The van der Waals surface area contributed by atoms with E-state index in [0.717, 1.165) is 41.8 Å². The molecule has 0 heterocycles. The van der Waals surface area contributed by atoms with Crippen molar-refractivity contribution in [2.24, 2.45) is 11.7 Å². The number of nitrogens with two attached hydrogens (primary N) is 2. The fourth-order valence-electron chi connectivity index (χ4n) is 8.01. The molecular formula is C58H73FN4. The van der Waals surface area contributed by atoms with E-state index in [-0.39, 0.29) is 5.82 Å². The number of fused-ring (bicyclic) bond motifs is 3. The highest BCUT2D eigenvalue weighted by atomic mass is 19.1. The molecule has 1 atom stereocenters. The van der Waals surface area contributed by atoms with Crippen LogP contribution in [0, 0.1) is 11.2 Å². The summed E-state index contributed by atoms with van der Waals surface area (Å²) in [7, 11) is 0. The summed E-state index contributed by atoms with van der Waals surface area (Å²) in [6, 6.07) is 50.4. The number of anilines is 2. The van der Waals surface area contributed by atoms with Gasteiger partial charge in [0.1, 0.15) is 5.82 Å². The van der Waals surface area contributed by atoms with Gasteiger partial charge in [0.2, 0.25) is 0 Å². The van der Waals surface area contributed by atoms with Crippen molar-refractivity contribution in [3.05, 3.63) is 215 Å². The third kappa shape index (κ3) is 13.7. The van der Waals surface area contributed by atoms with Gasteiger partial charge in [-0.05, 0) is 146 Å². The Hall–Kier alpha value is -6.14. The van der Waals surface area contributed by atoms with Crippen LogP contribution in [0.3, 0.4) is 0 Å². The lowest BCUT2D eigenvalue weighted by Gasteiger charge is -2.37. The second-order valence-corrected chi connectivity index (χ2v) is 14.2. The standard InChI is InChI=1S/C45H38FN.C6H10.3C2H6.CH3N.H4N2/c1-3-4-6-13-32(2)45(42-18-11-12-19-44(42)47-38-14-7-5-8-15-38)41-17-10-9-16-39(41)40-29-26-36(31-43(40)45)35-24-20-33(21-25-35)30-34-22-27-37(46)28-23-34;1-6-4-2-3-5-6;5*1-2/h3-5,7-12,14-29,31,47H,2,6,13,30H2,1H3;4H,2-3,5H2,1H3;3*1-2H3;2H,1H2;1-2H2/b4-3-;;;;;;. The second-order valence-electron chi connectivity index (χ2n) is 14.2. The number of halogens is 1. The van der Waals surface area contributed by atoms with Gasteiger partial charge in [-0.2, -0.15) is 0 Å². The van der Waals surface area contributed by atoms with Crippen molar-refractivity contribution >= 4 is 18.1 Å². The lowest BCUT2D eigenvalue weighted by molar-refractivity contribution is 0.627. The van der Waals surface area contributed by atoms with Gasteiger partial charge >= 0.3 is 0 Å². The van der Waals surface area contributed by atoms with Crippen LogP contribution in [0.15, 0.2) is 182 Å². The molecule has 0 amide bonds. The van der Waals surface area contributed by atoms with Crippen LogP contribution < -0.4 is 17.0 Å². The van der Waals surface area contributed by atoms with E-state index in [1.807, 2.05) is 59.7 Å². The van der Waals surface area contributed by atoms with Gasteiger partial charge < -0.3 is 10.7 Å². The van der Waals surface area contributed by atoms with Crippen molar-refractivity contribution in [1.29, 1.82) is 5.41 Å². The number of hydrogen-bond donors (Lipinski definition) is 4. The average Bonchev–Trinajstić information content (AvgIpc) is 3.96. The molecule has 0 bridgehead atoms. The molecule has 4 nitrogen and oxygen atoms in total.